The minimum Gasteiger partial charge on any atom is -0.468 e. The number of rotatable bonds is 5. The van der Waals surface area contributed by atoms with Crippen molar-refractivity contribution in [1.82, 2.24) is 20.2 Å². The molecule has 1 aromatic heterocycles. The van der Waals surface area contributed by atoms with Crippen molar-refractivity contribution in [2.75, 3.05) is 20.2 Å². The van der Waals surface area contributed by atoms with E-state index in [1.54, 1.807) is 27.0 Å². The first-order valence-electron chi connectivity index (χ1n) is 11.7. The Labute approximate surface area is 212 Å². The quantitative estimate of drug-likeness (QED) is 0.362. The van der Waals surface area contributed by atoms with Gasteiger partial charge in [0.2, 0.25) is 0 Å². The normalized spacial score (nSPS) is 21.1. The zero-order chi connectivity index (χ0) is 26.7. The number of carbonyl (C=O) groups is 2. The highest BCUT2D eigenvalue weighted by Gasteiger charge is 2.49. The van der Waals surface area contributed by atoms with Gasteiger partial charge in [-0.1, -0.05) is 46.2 Å². The van der Waals surface area contributed by atoms with Crippen molar-refractivity contribution in [2.24, 2.45) is 11.8 Å². The number of amides is 1. The third-order valence-electron chi connectivity index (χ3n) is 5.49. The summed E-state index contributed by atoms with van der Waals surface area (Å²) in [5, 5.41) is 3.39. The molecule has 3 atom stereocenters. The van der Waals surface area contributed by atoms with Crippen LogP contribution in [0.4, 0.5) is 4.79 Å². The van der Waals surface area contributed by atoms with Crippen LogP contribution >= 0.6 is 11.6 Å². The Morgan fingerprint density at radius 3 is 2.34 bits per heavy atom. The predicted molar refractivity (Wildman–Crippen MR) is 133 cm³/mol. The maximum atomic E-state index is 13.3. The number of nitrogens with zero attached hydrogens (tertiary/aromatic N) is 3. The Kier molecular flexibility index (Phi) is 9.09. The minimum absolute atomic E-state index is 0.0146. The highest BCUT2D eigenvalue weighted by atomic mass is 35.5. The van der Waals surface area contributed by atoms with Gasteiger partial charge in [-0.15, -0.1) is 0 Å². The van der Waals surface area contributed by atoms with Gasteiger partial charge >= 0.3 is 12.1 Å². The Bertz CT molecular complexity index is 993. The molecule has 1 aliphatic heterocycles. The SMILES string of the molecule is COC(=O)[C@@H]1C(=C=O)[C@@H](c2cnc(C(C)(C)C)nc2Cl)CN(C(=O)OC(C)(C)C)C1NCC(C)C. The Hall–Kier alpha value is -2.48. The van der Waals surface area contributed by atoms with Crippen molar-refractivity contribution in [3.05, 3.63) is 28.3 Å². The highest BCUT2D eigenvalue weighted by Crippen LogP contribution is 2.40. The van der Waals surface area contributed by atoms with E-state index in [2.05, 4.69) is 15.3 Å². The van der Waals surface area contributed by atoms with E-state index >= 15 is 0 Å². The average molecular weight is 509 g/mol. The molecule has 1 fully saturated rings. The molecule has 10 heteroatoms. The lowest BCUT2D eigenvalue weighted by Gasteiger charge is -2.44. The van der Waals surface area contributed by atoms with Gasteiger partial charge in [0.05, 0.1) is 7.11 Å². The van der Waals surface area contributed by atoms with E-state index in [4.69, 9.17) is 21.1 Å². The van der Waals surface area contributed by atoms with Gasteiger partial charge in [-0.05, 0) is 33.2 Å². The van der Waals surface area contributed by atoms with E-state index in [9.17, 15) is 14.4 Å². The Balaban J connectivity index is 2.65. The van der Waals surface area contributed by atoms with E-state index in [0.717, 1.165) is 0 Å². The van der Waals surface area contributed by atoms with Crippen LogP contribution in [0.15, 0.2) is 11.8 Å². The number of methoxy groups -OCH3 is 1. The number of halogens is 1. The monoisotopic (exact) mass is 508 g/mol. The maximum absolute atomic E-state index is 13.3. The van der Waals surface area contributed by atoms with Crippen LogP contribution in [-0.2, 0) is 24.5 Å². The smallest absolute Gasteiger partial charge is 0.411 e. The summed E-state index contributed by atoms with van der Waals surface area (Å²) in [5.41, 5.74) is -0.581. The number of hydrogen-bond donors (Lipinski definition) is 1. The summed E-state index contributed by atoms with van der Waals surface area (Å²) in [4.78, 5) is 48.9. The van der Waals surface area contributed by atoms with Crippen molar-refractivity contribution in [2.45, 2.75) is 78.5 Å². The number of aromatic nitrogens is 2. The van der Waals surface area contributed by atoms with Gasteiger partial charge in [-0.3, -0.25) is 15.0 Å². The van der Waals surface area contributed by atoms with Crippen LogP contribution < -0.4 is 5.32 Å². The molecule has 0 aliphatic carbocycles. The summed E-state index contributed by atoms with van der Waals surface area (Å²) >= 11 is 6.56. The number of piperidine rings is 1. The van der Waals surface area contributed by atoms with Crippen LogP contribution in [0.3, 0.4) is 0 Å². The fourth-order valence-electron chi connectivity index (χ4n) is 3.82. The van der Waals surface area contributed by atoms with Crippen molar-refractivity contribution in [3.8, 4) is 0 Å². The molecule has 1 unspecified atom stereocenters. The third-order valence-corrected chi connectivity index (χ3v) is 5.79. The van der Waals surface area contributed by atoms with E-state index in [1.807, 2.05) is 40.6 Å². The number of ether oxygens (including phenoxy) is 2. The Morgan fingerprint density at radius 1 is 1.26 bits per heavy atom. The fourth-order valence-corrected chi connectivity index (χ4v) is 4.08. The second-order valence-corrected chi connectivity index (χ2v) is 11.5. The average Bonchev–Trinajstić information content (AvgIpc) is 2.74. The predicted octanol–water partition coefficient (Wildman–Crippen LogP) is 3.88. The molecular formula is C25H37ClN4O5. The molecule has 0 saturated carbocycles. The lowest BCUT2D eigenvalue weighted by molar-refractivity contribution is -0.147. The van der Waals surface area contributed by atoms with E-state index in [0.29, 0.717) is 17.9 Å². The standard InChI is InChI=1S/C25H37ClN4O5/c1-14(2)10-27-20-18(21(32)34-9)17(13-31)16(12-30(20)23(33)35-25(6,7)8)15-11-28-22(24(3,4)5)29-19(15)26/h11,14,16,18,20,27H,10,12H2,1-9H3/t16-,18-,20?/m1/s1. The molecule has 9 nitrogen and oxygen atoms in total. The molecule has 1 N–H and O–H groups in total. The molecule has 1 amide bonds. The van der Waals surface area contributed by atoms with Gasteiger partial charge in [0, 0.05) is 35.2 Å². The molecule has 1 saturated heterocycles. The number of nitrogens with one attached hydrogen (secondary N) is 1. The van der Waals surface area contributed by atoms with Crippen LogP contribution in [0.25, 0.3) is 0 Å². The summed E-state index contributed by atoms with van der Waals surface area (Å²) < 4.78 is 10.7. The van der Waals surface area contributed by atoms with Crippen LogP contribution in [0.5, 0.6) is 0 Å². The van der Waals surface area contributed by atoms with Gasteiger partial charge in [-0.25, -0.2) is 19.6 Å². The largest absolute Gasteiger partial charge is 0.468 e. The molecule has 1 aromatic rings. The van der Waals surface area contributed by atoms with Gasteiger partial charge in [0.15, 0.2) is 0 Å². The van der Waals surface area contributed by atoms with Crippen LogP contribution in [0.1, 0.15) is 72.7 Å². The molecule has 1 aliphatic rings. The van der Waals surface area contributed by atoms with Crippen molar-refractivity contribution in [1.29, 1.82) is 0 Å². The van der Waals surface area contributed by atoms with E-state index in [-0.39, 0.29) is 28.6 Å². The molecule has 0 aromatic carbocycles. The summed E-state index contributed by atoms with van der Waals surface area (Å²) in [7, 11) is 1.24. The zero-order valence-corrected chi connectivity index (χ0v) is 22.8. The highest BCUT2D eigenvalue weighted by molar-refractivity contribution is 6.30. The van der Waals surface area contributed by atoms with E-state index < -0.39 is 35.7 Å². The molecule has 0 spiro atoms. The van der Waals surface area contributed by atoms with Gasteiger partial charge in [0.1, 0.15) is 34.6 Å². The van der Waals surface area contributed by atoms with Gasteiger partial charge in [-0.2, -0.15) is 0 Å². The number of likely N-dealkylation sites (tertiary alicyclic amines) is 1. The molecule has 0 bridgehead atoms. The van der Waals surface area contributed by atoms with Crippen molar-refractivity contribution in [3.63, 3.8) is 0 Å². The topological polar surface area (TPSA) is 111 Å². The van der Waals surface area contributed by atoms with Gasteiger partial charge < -0.3 is 9.47 Å². The second-order valence-electron chi connectivity index (χ2n) is 11.2. The first-order chi connectivity index (χ1) is 16.1. The first-order valence-corrected chi connectivity index (χ1v) is 12.1. The zero-order valence-electron chi connectivity index (χ0n) is 22.1. The third kappa shape index (κ3) is 7.03. The molecule has 0 radical (unpaired) electrons. The maximum Gasteiger partial charge on any atom is 0.411 e. The van der Waals surface area contributed by atoms with E-state index in [1.165, 1.54) is 12.0 Å². The van der Waals surface area contributed by atoms with Gasteiger partial charge in [0.25, 0.3) is 0 Å². The summed E-state index contributed by atoms with van der Waals surface area (Å²) in [6.07, 6.45) is 0.0356. The van der Waals surface area contributed by atoms with Crippen molar-refractivity contribution >= 4 is 29.6 Å². The molecule has 194 valence electrons. The second kappa shape index (κ2) is 11.1. The van der Waals surface area contributed by atoms with Crippen LogP contribution in [-0.4, -0.2) is 64.8 Å². The summed E-state index contributed by atoms with van der Waals surface area (Å²) in [6, 6.07) is 0. The minimum atomic E-state index is -1.12. The number of hydrogen-bond acceptors (Lipinski definition) is 8. The molecular weight excluding hydrogens is 472 g/mol. The molecule has 35 heavy (non-hydrogen) atoms. The molecule has 2 heterocycles. The molecule has 2 rings (SSSR count). The first kappa shape index (κ1) is 28.8. The van der Waals surface area contributed by atoms with Crippen molar-refractivity contribution < 1.29 is 23.9 Å². The number of esters is 1. The van der Waals surface area contributed by atoms with Crippen LogP contribution in [0.2, 0.25) is 5.15 Å². The lowest BCUT2D eigenvalue weighted by atomic mass is 9.78. The summed E-state index contributed by atoms with van der Waals surface area (Å²) in [6.45, 7) is 15.6. The number of carbonyl (C=O) groups excluding carboxylic acids is 3. The fraction of sp³-hybridized carbons (Fsp3) is 0.680. The summed E-state index contributed by atoms with van der Waals surface area (Å²) in [5.74, 6) is 0.116. The lowest BCUT2D eigenvalue weighted by Crippen LogP contribution is -2.61. The Morgan fingerprint density at radius 2 is 1.89 bits per heavy atom. The van der Waals surface area contributed by atoms with Crippen LogP contribution in [0, 0.1) is 11.8 Å².